The zero-order valence-corrected chi connectivity index (χ0v) is 22.3. The monoisotopic (exact) mass is 559 g/mol. The number of benzene rings is 2. The van der Waals surface area contributed by atoms with Gasteiger partial charge in [0.1, 0.15) is 0 Å². The minimum absolute atomic E-state index is 0.00658. The van der Waals surface area contributed by atoms with E-state index in [4.69, 9.17) is 0 Å². The number of imide groups is 1. The summed E-state index contributed by atoms with van der Waals surface area (Å²) in [6.07, 6.45) is -3.53. The number of halogens is 3. The Hall–Kier alpha value is -3.73. The van der Waals surface area contributed by atoms with Crippen LogP contribution in [0.4, 0.5) is 13.2 Å². The number of carbonyl (C=O) groups is 4. The molecule has 0 bridgehead atoms. The maximum Gasteiger partial charge on any atom is 0.416 e. The van der Waals surface area contributed by atoms with Crippen molar-refractivity contribution in [3.63, 3.8) is 0 Å². The van der Waals surface area contributed by atoms with E-state index >= 15 is 0 Å². The highest BCUT2D eigenvalue weighted by molar-refractivity contribution is 6.21. The maximum absolute atomic E-state index is 13.9. The SMILES string of the molecule is CC(C)CC1(C(CCN2C(=O)c3ccc(C(F)(F)F)cc3C2=O)C(=O)NO)CCN(CCc2ccccc2)C1=O. The van der Waals surface area contributed by atoms with E-state index in [-0.39, 0.29) is 35.9 Å². The second-order valence-electron chi connectivity index (χ2n) is 10.9. The van der Waals surface area contributed by atoms with Crippen molar-refractivity contribution in [1.82, 2.24) is 15.3 Å². The van der Waals surface area contributed by atoms with Crippen molar-refractivity contribution in [3.05, 3.63) is 70.8 Å². The van der Waals surface area contributed by atoms with Gasteiger partial charge in [-0.25, -0.2) is 5.48 Å². The van der Waals surface area contributed by atoms with E-state index in [1.54, 1.807) is 10.4 Å². The zero-order chi connectivity index (χ0) is 29.2. The number of likely N-dealkylation sites (tertiary alicyclic amines) is 1. The lowest BCUT2D eigenvalue weighted by molar-refractivity contribution is -0.150. The first-order valence-corrected chi connectivity index (χ1v) is 13.2. The second kappa shape index (κ2) is 11.4. The molecule has 0 spiro atoms. The highest BCUT2D eigenvalue weighted by Crippen LogP contribution is 2.46. The number of amides is 4. The predicted molar refractivity (Wildman–Crippen MR) is 138 cm³/mol. The van der Waals surface area contributed by atoms with Crippen LogP contribution in [0, 0.1) is 17.3 Å². The molecule has 2 aliphatic rings. The fourth-order valence-corrected chi connectivity index (χ4v) is 6.03. The number of fused-ring (bicyclic) bond motifs is 1. The van der Waals surface area contributed by atoms with Gasteiger partial charge in [0.05, 0.1) is 28.0 Å². The fraction of sp³-hybridized carbons (Fsp3) is 0.448. The Morgan fingerprint density at radius 1 is 1.02 bits per heavy atom. The first kappa shape index (κ1) is 29.3. The molecule has 2 aromatic rings. The number of alkyl halides is 3. The van der Waals surface area contributed by atoms with Gasteiger partial charge in [-0.2, -0.15) is 13.2 Å². The van der Waals surface area contributed by atoms with Gasteiger partial charge < -0.3 is 4.90 Å². The van der Waals surface area contributed by atoms with E-state index in [0.29, 0.717) is 38.4 Å². The summed E-state index contributed by atoms with van der Waals surface area (Å²) in [5, 5.41) is 9.58. The Bertz CT molecular complexity index is 1300. The van der Waals surface area contributed by atoms with Crippen LogP contribution in [0.1, 0.15) is 65.0 Å². The molecule has 0 aromatic heterocycles. The smallest absolute Gasteiger partial charge is 0.342 e. The number of nitrogens with one attached hydrogen (secondary N) is 1. The number of nitrogens with zero attached hydrogens (tertiary/aromatic N) is 2. The van der Waals surface area contributed by atoms with E-state index < -0.39 is 40.8 Å². The average molecular weight is 560 g/mol. The minimum atomic E-state index is -4.69. The molecule has 0 aliphatic carbocycles. The van der Waals surface area contributed by atoms with Crippen molar-refractivity contribution < 1.29 is 37.6 Å². The van der Waals surface area contributed by atoms with Crippen LogP contribution < -0.4 is 5.48 Å². The molecule has 2 heterocycles. The summed E-state index contributed by atoms with van der Waals surface area (Å²) in [4.78, 5) is 55.3. The number of hydrogen-bond acceptors (Lipinski definition) is 5. The molecule has 0 saturated carbocycles. The van der Waals surface area contributed by atoms with E-state index in [1.807, 2.05) is 44.2 Å². The molecular formula is C29H32F3N3O5. The van der Waals surface area contributed by atoms with E-state index in [2.05, 4.69) is 0 Å². The van der Waals surface area contributed by atoms with Crippen molar-refractivity contribution >= 4 is 23.6 Å². The van der Waals surface area contributed by atoms with Crippen LogP contribution in [0.25, 0.3) is 0 Å². The molecule has 0 radical (unpaired) electrons. The molecule has 2 atom stereocenters. The number of hydrogen-bond donors (Lipinski definition) is 2. The Labute approximate surface area is 230 Å². The largest absolute Gasteiger partial charge is 0.416 e. The normalized spacial score (nSPS) is 19.9. The van der Waals surface area contributed by atoms with Crippen LogP contribution in [-0.2, 0) is 22.2 Å². The molecule has 11 heteroatoms. The molecule has 1 saturated heterocycles. The van der Waals surface area contributed by atoms with Gasteiger partial charge >= 0.3 is 6.18 Å². The fourth-order valence-electron chi connectivity index (χ4n) is 6.03. The lowest BCUT2D eigenvalue weighted by atomic mass is 9.67. The summed E-state index contributed by atoms with van der Waals surface area (Å²) < 4.78 is 39.6. The summed E-state index contributed by atoms with van der Waals surface area (Å²) in [7, 11) is 0. The average Bonchev–Trinajstić information content (AvgIpc) is 3.35. The Morgan fingerprint density at radius 2 is 1.70 bits per heavy atom. The molecule has 2 N–H and O–H groups in total. The van der Waals surface area contributed by atoms with Crippen molar-refractivity contribution in [1.29, 1.82) is 0 Å². The molecule has 1 fully saturated rings. The van der Waals surface area contributed by atoms with Gasteiger partial charge in [0.2, 0.25) is 11.8 Å². The van der Waals surface area contributed by atoms with Gasteiger partial charge in [-0.15, -0.1) is 0 Å². The number of carbonyl (C=O) groups excluding carboxylic acids is 4. The highest BCUT2D eigenvalue weighted by atomic mass is 19.4. The zero-order valence-electron chi connectivity index (χ0n) is 22.3. The predicted octanol–water partition coefficient (Wildman–Crippen LogP) is 4.32. The Kier molecular flexibility index (Phi) is 8.34. The van der Waals surface area contributed by atoms with Gasteiger partial charge in [0, 0.05) is 19.6 Å². The summed E-state index contributed by atoms with van der Waals surface area (Å²) in [6.45, 7) is 4.37. The first-order chi connectivity index (χ1) is 18.9. The molecule has 2 aliphatic heterocycles. The van der Waals surface area contributed by atoms with Crippen molar-refractivity contribution in [2.75, 3.05) is 19.6 Å². The van der Waals surface area contributed by atoms with Crippen LogP contribution in [0.2, 0.25) is 0 Å². The van der Waals surface area contributed by atoms with Crippen molar-refractivity contribution in [2.24, 2.45) is 17.3 Å². The molecule has 40 heavy (non-hydrogen) atoms. The van der Waals surface area contributed by atoms with Crippen LogP contribution in [0.5, 0.6) is 0 Å². The molecule has 8 nitrogen and oxygen atoms in total. The topological polar surface area (TPSA) is 107 Å². The van der Waals surface area contributed by atoms with E-state index in [1.165, 1.54) is 0 Å². The Balaban J connectivity index is 1.56. The van der Waals surface area contributed by atoms with Crippen molar-refractivity contribution in [2.45, 2.75) is 45.7 Å². The summed E-state index contributed by atoms with van der Waals surface area (Å²) in [5.41, 5.74) is -0.0302. The number of hydroxylamine groups is 1. The third-order valence-corrected chi connectivity index (χ3v) is 7.86. The van der Waals surface area contributed by atoms with E-state index in [9.17, 15) is 37.6 Å². The van der Waals surface area contributed by atoms with Gasteiger partial charge in [-0.1, -0.05) is 44.2 Å². The van der Waals surface area contributed by atoms with Crippen LogP contribution >= 0.6 is 0 Å². The third-order valence-electron chi connectivity index (χ3n) is 7.86. The summed E-state index contributed by atoms with van der Waals surface area (Å²) in [6, 6.07) is 12.0. The summed E-state index contributed by atoms with van der Waals surface area (Å²) >= 11 is 0. The maximum atomic E-state index is 13.9. The van der Waals surface area contributed by atoms with Crippen LogP contribution in [-0.4, -0.2) is 58.3 Å². The molecule has 2 unspecified atom stereocenters. The lowest BCUT2D eigenvalue weighted by Gasteiger charge is -2.36. The third kappa shape index (κ3) is 5.60. The second-order valence-corrected chi connectivity index (χ2v) is 10.9. The summed E-state index contributed by atoms with van der Waals surface area (Å²) in [5.74, 6) is -3.78. The van der Waals surface area contributed by atoms with Gasteiger partial charge in [-0.05, 0) is 55.4 Å². The van der Waals surface area contributed by atoms with Crippen LogP contribution in [0.15, 0.2) is 48.5 Å². The Morgan fingerprint density at radius 3 is 2.33 bits per heavy atom. The van der Waals surface area contributed by atoms with Crippen LogP contribution in [0.3, 0.4) is 0 Å². The first-order valence-electron chi connectivity index (χ1n) is 13.2. The van der Waals surface area contributed by atoms with Gasteiger partial charge in [-0.3, -0.25) is 29.3 Å². The minimum Gasteiger partial charge on any atom is -0.342 e. The van der Waals surface area contributed by atoms with Gasteiger partial charge in [0.15, 0.2) is 0 Å². The molecule has 214 valence electrons. The quantitative estimate of drug-likeness (QED) is 0.256. The lowest BCUT2D eigenvalue weighted by Crippen LogP contribution is -2.48. The van der Waals surface area contributed by atoms with Crippen molar-refractivity contribution in [3.8, 4) is 0 Å². The highest BCUT2D eigenvalue weighted by Gasteiger charge is 2.54. The molecule has 2 aromatic carbocycles. The van der Waals surface area contributed by atoms with Gasteiger partial charge in [0.25, 0.3) is 11.8 Å². The standard InChI is InChI=1S/C29H32F3N3O5/c1-18(2)17-28(12-15-34(27(28)39)13-10-19-6-4-3-5-7-19)23(24(36)33-40)11-14-35-25(37)21-9-8-20(29(30,31)32)16-22(21)26(35)38/h3-9,16,18,23,40H,10-15,17H2,1-2H3,(H,33,36). The number of rotatable bonds is 10. The molecular weight excluding hydrogens is 527 g/mol. The van der Waals surface area contributed by atoms with E-state index in [0.717, 1.165) is 22.6 Å². The molecule has 4 amide bonds. The molecule has 4 rings (SSSR count).